The van der Waals surface area contributed by atoms with Gasteiger partial charge in [-0.2, -0.15) is 0 Å². The maximum absolute atomic E-state index is 12.1. The number of rotatable bonds is 8. The van der Waals surface area contributed by atoms with Crippen LogP contribution in [0.15, 0.2) is 16.8 Å². The maximum Gasteiger partial charge on any atom is 0.300 e. The third kappa shape index (κ3) is 4.90. The Morgan fingerprint density at radius 2 is 1.71 bits per heavy atom. The highest BCUT2D eigenvalue weighted by molar-refractivity contribution is 5.95. The summed E-state index contributed by atoms with van der Waals surface area (Å²) >= 11 is 0. The minimum atomic E-state index is -0.608. The van der Waals surface area contributed by atoms with Crippen molar-refractivity contribution in [2.45, 2.75) is 0 Å². The van der Waals surface area contributed by atoms with Gasteiger partial charge in [-0.1, -0.05) is 0 Å². The predicted molar refractivity (Wildman–Crippen MR) is 96.4 cm³/mol. The second-order valence-electron chi connectivity index (χ2n) is 6.02. The van der Waals surface area contributed by atoms with Gasteiger partial charge in [0.2, 0.25) is 23.2 Å². The molecule has 0 radical (unpaired) electrons. The summed E-state index contributed by atoms with van der Waals surface area (Å²) in [4.78, 5) is 48.3. The predicted octanol–water partition coefficient (Wildman–Crippen LogP) is -1.11. The summed E-state index contributed by atoms with van der Waals surface area (Å²) in [7, 11) is 4.70. The molecule has 0 atom stereocenters. The molecular formula is C15H19N7O6. The number of hydrogen-bond acceptors (Lipinski definition) is 9. The number of carbonyl (C=O) groups is 3. The Bertz CT molecular complexity index is 909. The van der Waals surface area contributed by atoms with Crippen LogP contribution in [0, 0.1) is 10.1 Å². The molecule has 2 aromatic rings. The number of fused-ring (bicyclic) bond motifs is 1. The van der Waals surface area contributed by atoms with Crippen LogP contribution in [0.2, 0.25) is 0 Å². The molecule has 1 heterocycles. The second-order valence-corrected chi connectivity index (χ2v) is 6.02. The van der Waals surface area contributed by atoms with Crippen LogP contribution in [0.1, 0.15) is 0 Å². The highest BCUT2D eigenvalue weighted by atomic mass is 16.6. The van der Waals surface area contributed by atoms with Gasteiger partial charge in [0.25, 0.3) is 0 Å². The number of benzene rings is 1. The number of nitrogens with one attached hydrogen (secondary N) is 2. The lowest BCUT2D eigenvalue weighted by Gasteiger charge is -2.18. The Kier molecular flexibility index (Phi) is 6.42. The topological polar surface area (TPSA) is 164 Å². The van der Waals surface area contributed by atoms with E-state index in [0.29, 0.717) is 5.69 Å². The minimum absolute atomic E-state index is 0.0281. The number of amides is 3. The highest BCUT2D eigenvalue weighted by Crippen LogP contribution is 2.30. The van der Waals surface area contributed by atoms with Crippen LogP contribution in [0.4, 0.5) is 11.4 Å². The van der Waals surface area contributed by atoms with Gasteiger partial charge >= 0.3 is 5.69 Å². The fraction of sp³-hybridized carbons (Fsp3) is 0.400. The number of carbonyl (C=O) groups excluding carboxylic acids is 3. The first kappa shape index (κ1) is 20.5. The van der Waals surface area contributed by atoms with E-state index < -0.39 is 16.7 Å². The number of likely N-dealkylation sites (N-methyl/N-ethyl adjacent to an activating group) is 2. The van der Waals surface area contributed by atoms with Crippen molar-refractivity contribution >= 4 is 40.1 Å². The summed E-state index contributed by atoms with van der Waals surface area (Å²) < 4.78 is 4.58. The molecule has 0 saturated carbocycles. The Labute approximate surface area is 158 Å². The number of non-ortho nitro benzene ring substituents is 1. The molecule has 2 rings (SSSR count). The first-order valence-electron chi connectivity index (χ1n) is 8.05. The molecule has 13 nitrogen and oxygen atoms in total. The van der Waals surface area contributed by atoms with Gasteiger partial charge in [-0.25, -0.2) is 4.63 Å². The molecule has 0 unspecified atom stereocenters. The maximum atomic E-state index is 12.1. The van der Waals surface area contributed by atoms with Crippen molar-refractivity contribution in [2.75, 3.05) is 45.7 Å². The van der Waals surface area contributed by atoms with E-state index in [-0.39, 0.29) is 42.3 Å². The van der Waals surface area contributed by atoms with Crippen molar-refractivity contribution in [1.29, 1.82) is 0 Å². The van der Waals surface area contributed by atoms with Crippen LogP contribution in [0.5, 0.6) is 0 Å². The van der Waals surface area contributed by atoms with Crippen LogP contribution in [0.3, 0.4) is 0 Å². The Morgan fingerprint density at radius 1 is 1.07 bits per heavy atom. The van der Waals surface area contributed by atoms with Gasteiger partial charge in [-0.05, 0) is 16.4 Å². The first-order chi connectivity index (χ1) is 13.2. The van der Waals surface area contributed by atoms with Crippen molar-refractivity contribution < 1.29 is 23.9 Å². The quantitative estimate of drug-likeness (QED) is 0.418. The zero-order chi connectivity index (χ0) is 20.8. The standard InChI is InChI=1S/C15H19N7O6/c1-20(2)13(25)7-17-11(23)6-16-12(24)8-21(3)9-4-5-10(22(26)27)15-14(9)18-28-19-15/h4-5H,6-8H2,1-3H3,(H,16,24)(H,17,23). The molecule has 13 heteroatoms. The molecular weight excluding hydrogens is 374 g/mol. The Morgan fingerprint density at radius 3 is 2.36 bits per heavy atom. The molecule has 0 aliphatic carbocycles. The van der Waals surface area contributed by atoms with Gasteiger partial charge in [0.05, 0.1) is 30.2 Å². The van der Waals surface area contributed by atoms with E-state index >= 15 is 0 Å². The lowest BCUT2D eigenvalue weighted by molar-refractivity contribution is -0.383. The fourth-order valence-electron chi connectivity index (χ4n) is 2.23. The molecule has 1 aromatic carbocycles. The monoisotopic (exact) mass is 393 g/mol. The van der Waals surface area contributed by atoms with E-state index in [4.69, 9.17) is 0 Å². The van der Waals surface area contributed by atoms with Gasteiger partial charge < -0.3 is 20.4 Å². The number of nitrogens with zero attached hydrogens (tertiary/aromatic N) is 5. The summed E-state index contributed by atoms with van der Waals surface area (Å²) in [5.74, 6) is -1.26. The van der Waals surface area contributed by atoms with E-state index in [9.17, 15) is 24.5 Å². The molecule has 0 spiro atoms. The van der Waals surface area contributed by atoms with Gasteiger partial charge in [-0.15, -0.1) is 0 Å². The van der Waals surface area contributed by atoms with Crippen molar-refractivity contribution in [3.8, 4) is 0 Å². The van der Waals surface area contributed by atoms with Crippen LogP contribution < -0.4 is 15.5 Å². The summed E-state index contributed by atoms with van der Waals surface area (Å²) in [5, 5.41) is 23.0. The largest absolute Gasteiger partial charge is 0.363 e. The number of nitro benzene ring substituents is 1. The molecule has 1 aromatic heterocycles. The highest BCUT2D eigenvalue weighted by Gasteiger charge is 2.22. The van der Waals surface area contributed by atoms with Crippen LogP contribution in [-0.4, -0.2) is 78.6 Å². The SMILES string of the molecule is CN(C)C(=O)CNC(=O)CNC(=O)CN(C)c1ccc([N+](=O)[O-])c2nonc12. The van der Waals surface area contributed by atoms with Crippen molar-refractivity contribution in [1.82, 2.24) is 25.8 Å². The summed E-state index contributed by atoms with van der Waals surface area (Å²) in [5.41, 5.74) is 0.254. The number of hydrogen-bond donors (Lipinski definition) is 2. The lowest BCUT2D eigenvalue weighted by atomic mass is 10.2. The number of aromatic nitrogens is 2. The van der Waals surface area contributed by atoms with E-state index in [2.05, 4.69) is 25.6 Å². The molecule has 3 amide bonds. The summed E-state index contributed by atoms with van der Waals surface area (Å²) in [6, 6.07) is 2.67. The van der Waals surface area contributed by atoms with E-state index in [1.807, 2.05) is 0 Å². The smallest absolute Gasteiger partial charge is 0.300 e. The van der Waals surface area contributed by atoms with Gasteiger partial charge in [-0.3, -0.25) is 24.5 Å². The molecule has 0 aliphatic rings. The second kappa shape index (κ2) is 8.75. The van der Waals surface area contributed by atoms with E-state index in [0.717, 1.165) is 0 Å². The molecule has 0 fully saturated rings. The molecule has 0 aliphatic heterocycles. The fourth-order valence-corrected chi connectivity index (χ4v) is 2.23. The first-order valence-corrected chi connectivity index (χ1v) is 8.05. The minimum Gasteiger partial charge on any atom is -0.363 e. The zero-order valence-corrected chi connectivity index (χ0v) is 15.5. The lowest BCUT2D eigenvalue weighted by Crippen LogP contribution is -2.43. The van der Waals surface area contributed by atoms with Gasteiger partial charge in [0, 0.05) is 27.2 Å². The van der Waals surface area contributed by atoms with Crippen molar-refractivity contribution in [3.63, 3.8) is 0 Å². The number of anilines is 1. The van der Waals surface area contributed by atoms with E-state index in [1.165, 1.54) is 21.9 Å². The van der Waals surface area contributed by atoms with Crippen LogP contribution in [-0.2, 0) is 14.4 Å². The summed E-state index contributed by atoms with van der Waals surface area (Å²) in [6.45, 7) is -0.611. The molecule has 0 saturated heterocycles. The third-order valence-corrected chi connectivity index (χ3v) is 3.74. The van der Waals surface area contributed by atoms with Gasteiger partial charge in [0.15, 0.2) is 5.52 Å². The zero-order valence-electron chi connectivity index (χ0n) is 15.5. The average molecular weight is 393 g/mol. The summed E-state index contributed by atoms with van der Waals surface area (Å²) in [6.07, 6.45) is 0. The molecule has 150 valence electrons. The van der Waals surface area contributed by atoms with Gasteiger partial charge in [0.1, 0.15) is 0 Å². The van der Waals surface area contributed by atoms with E-state index in [1.54, 1.807) is 21.1 Å². The third-order valence-electron chi connectivity index (χ3n) is 3.74. The van der Waals surface area contributed by atoms with Crippen LogP contribution in [0.25, 0.3) is 11.0 Å². The average Bonchev–Trinajstić information content (AvgIpc) is 3.12. The molecule has 0 bridgehead atoms. The molecule has 2 N–H and O–H groups in total. The Balaban J connectivity index is 1.93. The van der Waals surface area contributed by atoms with Crippen molar-refractivity contribution in [3.05, 3.63) is 22.2 Å². The number of nitro groups is 1. The normalized spacial score (nSPS) is 10.4. The van der Waals surface area contributed by atoms with Crippen molar-refractivity contribution in [2.24, 2.45) is 0 Å². The Hall–Kier alpha value is -3.77. The van der Waals surface area contributed by atoms with Crippen LogP contribution >= 0.6 is 0 Å². The molecule has 28 heavy (non-hydrogen) atoms.